The molecule has 45 heavy (non-hydrogen) atoms. The Bertz CT molecular complexity index is 1520. The van der Waals surface area contributed by atoms with Crippen molar-refractivity contribution in [3.8, 4) is 0 Å². The SMILES string of the molecule is C=C(C(=O)NS(=O)(=O)C1CC1)C1(NC(=O)[C@@H]2C[C@@H](OC(=O)N3Cc4cccc(Cl)c4C3)CN2C(=O)C(N)C2CCCCC2)CC1. The van der Waals surface area contributed by atoms with Gasteiger partial charge in [0.05, 0.1) is 29.9 Å². The third kappa shape index (κ3) is 6.57. The van der Waals surface area contributed by atoms with E-state index in [4.69, 9.17) is 22.1 Å². The van der Waals surface area contributed by atoms with Crippen molar-refractivity contribution >= 4 is 45.4 Å². The molecule has 4 fully saturated rings. The number of nitrogens with one attached hydrogen (secondary N) is 2. The van der Waals surface area contributed by atoms with Gasteiger partial charge in [-0.15, -0.1) is 0 Å². The maximum absolute atomic E-state index is 13.8. The number of hydrogen-bond acceptors (Lipinski definition) is 8. The van der Waals surface area contributed by atoms with Gasteiger partial charge in [0.15, 0.2) is 0 Å². The molecule has 14 heteroatoms. The number of likely N-dealkylation sites (tertiary alicyclic amines) is 1. The highest BCUT2D eigenvalue weighted by Crippen LogP contribution is 2.42. The van der Waals surface area contributed by atoms with Crippen LogP contribution in [0, 0.1) is 5.92 Å². The van der Waals surface area contributed by atoms with Crippen LogP contribution >= 0.6 is 11.6 Å². The van der Waals surface area contributed by atoms with Crippen LogP contribution in [-0.4, -0.2) is 77.6 Å². The Labute approximate surface area is 268 Å². The minimum atomic E-state index is -3.79. The molecule has 0 bridgehead atoms. The van der Waals surface area contributed by atoms with Gasteiger partial charge in [0, 0.05) is 23.6 Å². The number of ether oxygens (including phenoxy) is 1. The first kappa shape index (κ1) is 31.8. The van der Waals surface area contributed by atoms with E-state index in [2.05, 4.69) is 16.6 Å². The lowest BCUT2D eigenvalue weighted by atomic mass is 9.83. The highest BCUT2D eigenvalue weighted by atomic mass is 35.5. The zero-order valence-electron chi connectivity index (χ0n) is 25.1. The average molecular weight is 662 g/mol. The van der Waals surface area contributed by atoms with E-state index in [9.17, 15) is 27.6 Å². The summed E-state index contributed by atoms with van der Waals surface area (Å²) in [5.74, 6) is -1.76. The van der Waals surface area contributed by atoms with E-state index in [1.54, 1.807) is 6.07 Å². The summed E-state index contributed by atoms with van der Waals surface area (Å²) in [4.78, 5) is 56.6. The van der Waals surface area contributed by atoms with Gasteiger partial charge in [-0.25, -0.2) is 17.9 Å². The van der Waals surface area contributed by atoms with E-state index < -0.39 is 56.9 Å². The standard InChI is InChI=1S/C31H40ClN5O7S/c1-18(27(38)35-45(42,43)22-10-11-22)31(12-13-31)34-28(39)25-14-21(16-37(25)29(40)26(33)19-6-3-2-4-7-19)44-30(41)36-15-20-8-5-9-24(32)23(20)17-36/h5,8-9,19,21-22,25-26H,1-4,6-7,10-17,33H2,(H,34,39)(H,35,38)/t21-,25+,26?/m1/s1. The van der Waals surface area contributed by atoms with Crippen LogP contribution in [0.1, 0.15) is 75.3 Å². The van der Waals surface area contributed by atoms with Crippen molar-refractivity contribution in [2.45, 2.75) is 106 Å². The van der Waals surface area contributed by atoms with Crippen molar-refractivity contribution in [3.63, 3.8) is 0 Å². The van der Waals surface area contributed by atoms with Gasteiger partial charge in [-0.1, -0.05) is 49.6 Å². The number of carbonyl (C=O) groups excluding carboxylic acids is 4. The van der Waals surface area contributed by atoms with Crippen molar-refractivity contribution in [3.05, 3.63) is 46.5 Å². The Morgan fingerprint density at radius 2 is 1.78 bits per heavy atom. The summed E-state index contributed by atoms with van der Waals surface area (Å²) >= 11 is 6.32. The molecule has 12 nitrogen and oxygen atoms in total. The summed E-state index contributed by atoms with van der Waals surface area (Å²) in [6.07, 6.45) is 5.22. The van der Waals surface area contributed by atoms with Crippen LogP contribution in [-0.2, 0) is 42.2 Å². The monoisotopic (exact) mass is 661 g/mol. The largest absolute Gasteiger partial charge is 0.444 e. The second-order valence-electron chi connectivity index (χ2n) is 13.1. The average Bonchev–Trinajstić information content (AvgIpc) is 3.93. The maximum Gasteiger partial charge on any atom is 0.410 e. The second kappa shape index (κ2) is 12.2. The van der Waals surface area contributed by atoms with Crippen LogP contribution in [0.25, 0.3) is 0 Å². The molecule has 2 heterocycles. The Morgan fingerprint density at radius 1 is 1.07 bits per heavy atom. The number of rotatable bonds is 9. The lowest BCUT2D eigenvalue weighted by Gasteiger charge is -2.32. The van der Waals surface area contributed by atoms with E-state index in [-0.39, 0.29) is 30.4 Å². The number of amides is 4. The summed E-state index contributed by atoms with van der Waals surface area (Å²) in [6, 6.07) is 3.70. The number of halogens is 1. The Hall–Kier alpha value is -3.16. The third-order valence-corrected chi connectivity index (χ3v) is 12.1. The number of sulfonamides is 1. The summed E-state index contributed by atoms with van der Waals surface area (Å²) in [7, 11) is -3.79. The van der Waals surface area contributed by atoms with E-state index >= 15 is 0 Å². The number of hydrogen-bond donors (Lipinski definition) is 3. The molecule has 5 aliphatic rings. The molecule has 3 saturated carbocycles. The minimum Gasteiger partial charge on any atom is -0.444 e. The molecule has 4 amide bonds. The van der Waals surface area contributed by atoms with Gasteiger partial charge < -0.3 is 20.7 Å². The molecule has 1 aromatic rings. The first-order valence-corrected chi connectivity index (χ1v) is 17.7. The number of benzene rings is 1. The topological polar surface area (TPSA) is 168 Å². The number of carbonyl (C=O) groups is 4. The quantitative estimate of drug-likeness (QED) is 0.339. The zero-order chi connectivity index (χ0) is 32.1. The molecule has 244 valence electrons. The third-order valence-electron chi connectivity index (χ3n) is 9.91. The van der Waals surface area contributed by atoms with E-state index in [1.807, 2.05) is 12.1 Å². The highest BCUT2D eigenvalue weighted by Gasteiger charge is 2.53. The molecule has 1 aromatic carbocycles. The lowest BCUT2D eigenvalue weighted by Crippen LogP contribution is -2.55. The fraction of sp³-hybridized carbons (Fsp3) is 0.613. The zero-order valence-corrected chi connectivity index (χ0v) is 26.7. The molecular formula is C31H40ClN5O7S. The summed E-state index contributed by atoms with van der Waals surface area (Å²) < 4.78 is 32.6. The fourth-order valence-electron chi connectivity index (χ4n) is 6.80. The summed E-state index contributed by atoms with van der Waals surface area (Å²) in [6.45, 7) is 4.45. The molecule has 6 rings (SSSR count). The number of fused-ring (bicyclic) bond motifs is 1. The molecule has 1 saturated heterocycles. The molecule has 0 radical (unpaired) electrons. The van der Waals surface area contributed by atoms with Crippen LogP contribution in [0.2, 0.25) is 5.02 Å². The van der Waals surface area contributed by atoms with Gasteiger partial charge in [0.25, 0.3) is 5.91 Å². The highest BCUT2D eigenvalue weighted by molar-refractivity contribution is 7.91. The van der Waals surface area contributed by atoms with Crippen LogP contribution < -0.4 is 15.8 Å². The smallest absolute Gasteiger partial charge is 0.410 e. The fourth-order valence-corrected chi connectivity index (χ4v) is 8.36. The first-order valence-electron chi connectivity index (χ1n) is 15.7. The van der Waals surface area contributed by atoms with Crippen molar-refractivity contribution in [1.29, 1.82) is 0 Å². The number of nitrogens with two attached hydrogens (primary N) is 1. The second-order valence-corrected chi connectivity index (χ2v) is 15.5. The van der Waals surface area contributed by atoms with Crippen molar-refractivity contribution in [2.75, 3.05) is 6.54 Å². The lowest BCUT2D eigenvalue weighted by molar-refractivity contribution is -0.141. The molecule has 1 unspecified atom stereocenters. The number of nitrogens with zero attached hydrogens (tertiary/aromatic N) is 2. The molecule has 3 aliphatic carbocycles. The van der Waals surface area contributed by atoms with Crippen LogP contribution in [0.3, 0.4) is 0 Å². The van der Waals surface area contributed by atoms with Gasteiger partial charge in [-0.2, -0.15) is 0 Å². The van der Waals surface area contributed by atoms with Gasteiger partial charge in [0.1, 0.15) is 12.1 Å². The molecule has 4 N–H and O–H groups in total. The predicted molar refractivity (Wildman–Crippen MR) is 165 cm³/mol. The summed E-state index contributed by atoms with van der Waals surface area (Å²) in [5, 5.41) is 2.86. The van der Waals surface area contributed by atoms with Crippen molar-refractivity contribution in [2.24, 2.45) is 11.7 Å². The van der Waals surface area contributed by atoms with E-state index in [0.717, 1.165) is 43.2 Å². The van der Waals surface area contributed by atoms with Crippen LogP contribution in [0.4, 0.5) is 4.79 Å². The Morgan fingerprint density at radius 3 is 2.42 bits per heavy atom. The normalized spacial score (nSPS) is 24.8. The molecular weight excluding hydrogens is 622 g/mol. The Balaban J connectivity index is 1.15. The first-order chi connectivity index (χ1) is 21.4. The van der Waals surface area contributed by atoms with Crippen molar-refractivity contribution < 1.29 is 32.3 Å². The molecule has 3 atom stereocenters. The van der Waals surface area contributed by atoms with Gasteiger partial charge in [-0.3, -0.25) is 19.3 Å². The van der Waals surface area contributed by atoms with E-state index in [0.29, 0.717) is 43.8 Å². The maximum atomic E-state index is 13.8. The minimum absolute atomic E-state index is 0.00130. The molecule has 0 spiro atoms. The summed E-state index contributed by atoms with van der Waals surface area (Å²) in [5.41, 5.74) is 7.11. The van der Waals surface area contributed by atoms with Gasteiger partial charge in [0.2, 0.25) is 21.8 Å². The van der Waals surface area contributed by atoms with Gasteiger partial charge >= 0.3 is 6.09 Å². The van der Waals surface area contributed by atoms with Crippen LogP contribution in [0.5, 0.6) is 0 Å². The molecule has 0 aromatic heterocycles. The molecule has 2 aliphatic heterocycles. The van der Waals surface area contributed by atoms with E-state index in [1.165, 1.54) is 9.80 Å². The van der Waals surface area contributed by atoms with Gasteiger partial charge in [-0.05, 0) is 61.6 Å². The predicted octanol–water partition coefficient (Wildman–Crippen LogP) is 2.48. The Kier molecular flexibility index (Phi) is 8.64. The van der Waals surface area contributed by atoms with Crippen molar-refractivity contribution in [1.82, 2.24) is 19.8 Å². The van der Waals surface area contributed by atoms with Crippen LogP contribution in [0.15, 0.2) is 30.4 Å².